The van der Waals surface area contributed by atoms with Crippen LogP contribution in [0.5, 0.6) is 0 Å². The fourth-order valence-corrected chi connectivity index (χ4v) is 3.88. The lowest BCUT2D eigenvalue weighted by Crippen LogP contribution is -2.37. The Morgan fingerprint density at radius 1 is 1.32 bits per heavy atom. The van der Waals surface area contributed by atoms with Gasteiger partial charge in [-0.3, -0.25) is 14.6 Å². The molecule has 142 valence electrons. The van der Waals surface area contributed by atoms with Gasteiger partial charge in [0.15, 0.2) is 5.78 Å². The molecule has 28 heavy (non-hydrogen) atoms. The van der Waals surface area contributed by atoms with Crippen molar-refractivity contribution in [3.05, 3.63) is 63.5 Å². The maximum absolute atomic E-state index is 12.8. The summed E-state index contributed by atoms with van der Waals surface area (Å²) < 4.78 is 0.994. The van der Waals surface area contributed by atoms with E-state index in [2.05, 4.69) is 36.5 Å². The van der Waals surface area contributed by atoms with Crippen LogP contribution in [0.2, 0.25) is 0 Å². The lowest BCUT2D eigenvalue weighted by atomic mass is 10.0. The zero-order chi connectivity index (χ0) is 19.8. The van der Waals surface area contributed by atoms with Gasteiger partial charge in [0.05, 0.1) is 12.2 Å². The molecule has 8 heteroatoms. The van der Waals surface area contributed by atoms with Crippen LogP contribution in [-0.2, 0) is 4.79 Å². The van der Waals surface area contributed by atoms with Gasteiger partial charge in [-0.1, -0.05) is 15.9 Å². The Hall–Kier alpha value is -3.00. The van der Waals surface area contributed by atoms with E-state index in [0.717, 1.165) is 27.1 Å². The molecule has 2 aliphatic rings. The van der Waals surface area contributed by atoms with Crippen LogP contribution in [0.3, 0.4) is 0 Å². The van der Waals surface area contributed by atoms with Crippen LogP contribution < -0.4 is 10.6 Å². The molecule has 0 atom stereocenters. The summed E-state index contributed by atoms with van der Waals surface area (Å²) in [7, 11) is 0. The molecule has 0 saturated carbocycles. The Morgan fingerprint density at radius 3 is 2.86 bits per heavy atom. The number of amides is 1. The second kappa shape index (κ2) is 7.20. The minimum atomic E-state index is -0.207. The van der Waals surface area contributed by atoms with E-state index in [1.54, 1.807) is 18.2 Å². The summed E-state index contributed by atoms with van der Waals surface area (Å²) in [6.45, 7) is 4.83. The summed E-state index contributed by atoms with van der Waals surface area (Å²) in [5.41, 5.74) is 3.49. The number of aryl methyl sites for hydroxylation is 1. The molecular weight excluding hydrogens is 422 g/mol. The van der Waals surface area contributed by atoms with Crippen LogP contribution in [-0.4, -0.2) is 40.5 Å². The number of hydrogen-bond acceptors (Lipinski definition) is 6. The number of pyridine rings is 1. The number of carbonyl (C=O) groups excluding carboxylic acids is 2. The first kappa shape index (κ1) is 18.4. The number of aliphatic imine (C=N–C) groups is 1. The third-order valence-corrected chi connectivity index (χ3v) is 5.00. The number of anilines is 2. The summed E-state index contributed by atoms with van der Waals surface area (Å²) in [6.07, 6.45) is 3.03. The number of halogens is 1. The van der Waals surface area contributed by atoms with Crippen LogP contribution in [0.25, 0.3) is 0 Å². The van der Waals surface area contributed by atoms with Gasteiger partial charge in [-0.2, -0.15) is 0 Å². The van der Waals surface area contributed by atoms with Gasteiger partial charge in [0.25, 0.3) is 0 Å². The minimum Gasteiger partial charge on any atom is -0.341 e. The minimum absolute atomic E-state index is 0.172. The van der Waals surface area contributed by atoms with Gasteiger partial charge in [-0.25, -0.2) is 4.98 Å². The topological polar surface area (TPSA) is 86.7 Å². The fraction of sp³-hybridized carbons (Fsp3) is 0.200. The van der Waals surface area contributed by atoms with E-state index in [0.29, 0.717) is 30.3 Å². The van der Waals surface area contributed by atoms with Crippen molar-refractivity contribution in [2.45, 2.75) is 13.8 Å². The highest BCUT2D eigenvalue weighted by Crippen LogP contribution is 2.34. The van der Waals surface area contributed by atoms with E-state index in [1.807, 2.05) is 24.0 Å². The number of nitrogens with one attached hydrogen (secondary N) is 2. The van der Waals surface area contributed by atoms with Crippen molar-refractivity contribution in [3.63, 3.8) is 0 Å². The number of ketones is 1. The first-order valence-corrected chi connectivity index (χ1v) is 9.61. The molecule has 1 aromatic heterocycles. The van der Waals surface area contributed by atoms with E-state index in [-0.39, 0.29) is 11.7 Å². The molecule has 0 fully saturated rings. The molecule has 1 amide bonds. The first-order chi connectivity index (χ1) is 13.4. The third kappa shape index (κ3) is 3.43. The monoisotopic (exact) mass is 439 g/mol. The van der Waals surface area contributed by atoms with E-state index in [9.17, 15) is 9.59 Å². The Morgan fingerprint density at radius 2 is 2.14 bits per heavy atom. The predicted octanol–water partition coefficient (Wildman–Crippen LogP) is 3.32. The van der Waals surface area contributed by atoms with Crippen LogP contribution >= 0.6 is 15.9 Å². The smallest absolute Gasteiger partial charge is 0.222 e. The molecule has 1 aromatic carbocycles. The quantitative estimate of drug-likeness (QED) is 0.565. The molecule has 2 aromatic rings. The number of rotatable bonds is 3. The number of hydrogen-bond donors (Lipinski definition) is 2. The van der Waals surface area contributed by atoms with Crippen LogP contribution in [0.4, 0.5) is 11.5 Å². The normalized spacial score (nSPS) is 16.2. The molecular formula is C20H18BrN5O2. The number of fused-ring (bicyclic) bond motifs is 3. The fourth-order valence-electron chi connectivity index (χ4n) is 3.31. The number of nitrogens with zero attached hydrogens (tertiary/aromatic N) is 3. The predicted molar refractivity (Wildman–Crippen MR) is 112 cm³/mol. The van der Waals surface area contributed by atoms with E-state index < -0.39 is 0 Å². The zero-order valence-corrected chi connectivity index (χ0v) is 17.0. The standard InChI is InChI=1S/C20H18BrN5O2/c1-11-7-14(21)8-15-19(11)25-18(26-6-5-22-20(15)26)9-16(28)13-3-4-17(23-10-13)24-12(2)27/h3-4,7-10,25H,5-6H2,1-2H3,(H,23,24,27)/b18-9+. The zero-order valence-electron chi connectivity index (χ0n) is 15.4. The molecule has 4 rings (SSSR count). The summed E-state index contributed by atoms with van der Waals surface area (Å²) in [5.74, 6) is 1.61. The van der Waals surface area contributed by atoms with E-state index in [4.69, 9.17) is 0 Å². The van der Waals surface area contributed by atoms with Crippen molar-refractivity contribution in [1.29, 1.82) is 0 Å². The van der Waals surface area contributed by atoms with Crippen LogP contribution in [0, 0.1) is 6.92 Å². The molecule has 0 aliphatic carbocycles. The van der Waals surface area contributed by atoms with Gasteiger partial charge < -0.3 is 15.5 Å². The molecule has 0 saturated heterocycles. The van der Waals surface area contributed by atoms with Gasteiger partial charge in [-0.15, -0.1) is 0 Å². The number of carbonyl (C=O) groups is 2. The highest BCUT2D eigenvalue weighted by atomic mass is 79.9. The van der Waals surface area contributed by atoms with Crippen LogP contribution in [0.15, 0.2) is 51.8 Å². The first-order valence-electron chi connectivity index (χ1n) is 8.81. The molecule has 0 spiro atoms. The van der Waals surface area contributed by atoms with Gasteiger partial charge in [0.2, 0.25) is 5.91 Å². The molecule has 0 radical (unpaired) electrons. The number of benzene rings is 1. The SMILES string of the molecule is CC(=O)Nc1ccc(C(=O)/C=C2\Nc3c(C)cc(Br)cc3C3=NCCN32)cn1. The second-order valence-corrected chi connectivity index (χ2v) is 7.55. The summed E-state index contributed by atoms with van der Waals surface area (Å²) in [4.78, 5) is 34.6. The van der Waals surface area contributed by atoms with Crippen LogP contribution in [0.1, 0.15) is 28.4 Å². The van der Waals surface area contributed by atoms with Gasteiger partial charge in [0, 0.05) is 41.3 Å². The van der Waals surface area contributed by atoms with Gasteiger partial charge in [-0.05, 0) is 36.8 Å². The number of allylic oxidation sites excluding steroid dienone is 1. The molecule has 3 heterocycles. The lowest BCUT2D eigenvalue weighted by molar-refractivity contribution is -0.114. The van der Waals surface area contributed by atoms with Crippen molar-refractivity contribution < 1.29 is 9.59 Å². The second-order valence-electron chi connectivity index (χ2n) is 6.63. The molecule has 0 unspecified atom stereocenters. The molecule has 0 bridgehead atoms. The van der Waals surface area contributed by atoms with Gasteiger partial charge in [0.1, 0.15) is 17.5 Å². The maximum Gasteiger partial charge on any atom is 0.222 e. The molecule has 2 N–H and O–H groups in total. The Balaban J connectivity index is 1.65. The van der Waals surface area contributed by atoms with Crippen molar-refractivity contribution in [3.8, 4) is 0 Å². The van der Waals surface area contributed by atoms with Crippen molar-refractivity contribution in [1.82, 2.24) is 9.88 Å². The Bertz CT molecular complexity index is 1040. The summed E-state index contributed by atoms with van der Waals surface area (Å²) in [5, 5.41) is 5.98. The van der Waals surface area contributed by atoms with E-state index in [1.165, 1.54) is 13.1 Å². The maximum atomic E-state index is 12.8. The summed E-state index contributed by atoms with van der Waals surface area (Å²) >= 11 is 3.54. The lowest BCUT2D eigenvalue weighted by Gasteiger charge is -2.32. The molecule has 2 aliphatic heterocycles. The van der Waals surface area contributed by atoms with Crippen molar-refractivity contribution in [2.75, 3.05) is 23.7 Å². The number of aromatic nitrogens is 1. The van der Waals surface area contributed by atoms with E-state index >= 15 is 0 Å². The summed E-state index contributed by atoms with van der Waals surface area (Å²) in [6, 6.07) is 7.33. The average Bonchev–Trinajstić information content (AvgIpc) is 3.13. The van der Waals surface area contributed by atoms with Crippen molar-refractivity contribution >= 4 is 45.0 Å². The highest BCUT2D eigenvalue weighted by Gasteiger charge is 2.31. The largest absolute Gasteiger partial charge is 0.341 e. The Labute approximate surface area is 170 Å². The molecule has 7 nitrogen and oxygen atoms in total. The highest BCUT2D eigenvalue weighted by molar-refractivity contribution is 9.10. The number of amidine groups is 1. The Kier molecular flexibility index (Phi) is 4.72. The van der Waals surface area contributed by atoms with Gasteiger partial charge >= 0.3 is 0 Å². The average molecular weight is 440 g/mol. The third-order valence-electron chi connectivity index (χ3n) is 4.55. The van der Waals surface area contributed by atoms with Crippen molar-refractivity contribution in [2.24, 2.45) is 4.99 Å².